The highest BCUT2D eigenvalue weighted by molar-refractivity contribution is 5.72. The lowest BCUT2D eigenvalue weighted by Gasteiger charge is -2.07. The van der Waals surface area contributed by atoms with Crippen LogP contribution >= 0.6 is 0 Å². The second-order valence-electron chi connectivity index (χ2n) is 3.92. The van der Waals surface area contributed by atoms with Crippen LogP contribution in [0.5, 0.6) is 5.75 Å². The number of hydrogen-bond donors (Lipinski definition) is 1. The maximum Gasteiger partial charge on any atom is 0.295 e. The van der Waals surface area contributed by atoms with Crippen molar-refractivity contribution in [3.63, 3.8) is 0 Å². The molecule has 0 aliphatic heterocycles. The molecule has 1 N–H and O–H groups in total. The van der Waals surface area contributed by atoms with E-state index < -0.39 is 10.7 Å². The van der Waals surface area contributed by atoms with Crippen LogP contribution in [0.3, 0.4) is 0 Å². The van der Waals surface area contributed by atoms with E-state index in [4.69, 9.17) is 4.74 Å². The number of nitro groups is 1. The fraction of sp³-hybridized carbons (Fsp3) is 0.154. The van der Waals surface area contributed by atoms with Crippen LogP contribution in [0.4, 0.5) is 15.9 Å². The number of methoxy groups -OCH3 is 1. The predicted molar refractivity (Wildman–Crippen MR) is 72.4 cm³/mol. The molecule has 0 atom stereocenters. The standard InChI is InChI=1S/C13H12FN3O3/c1-15-12-6-4-10(17(18)19)13(16-12)8-3-5-11(20-2)9(14)7-8/h3-7H,1-2H3,(H,15,16). The number of nitrogens with zero attached hydrogens (tertiary/aromatic N) is 2. The number of anilines is 1. The molecule has 1 heterocycles. The zero-order valence-corrected chi connectivity index (χ0v) is 10.9. The molecule has 20 heavy (non-hydrogen) atoms. The lowest BCUT2D eigenvalue weighted by Crippen LogP contribution is -1.99. The molecule has 2 aromatic rings. The summed E-state index contributed by atoms with van der Waals surface area (Å²) in [5.41, 5.74) is 0.226. The first-order valence-electron chi connectivity index (χ1n) is 5.74. The third-order valence-electron chi connectivity index (χ3n) is 2.75. The minimum Gasteiger partial charge on any atom is -0.494 e. The van der Waals surface area contributed by atoms with Crippen molar-refractivity contribution >= 4 is 11.5 Å². The number of halogens is 1. The Morgan fingerprint density at radius 2 is 2.10 bits per heavy atom. The molecule has 0 aliphatic rings. The van der Waals surface area contributed by atoms with Gasteiger partial charge in [0.1, 0.15) is 5.82 Å². The Hall–Kier alpha value is -2.70. The van der Waals surface area contributed by atoms with E-state index in [1.165, 1.54) is 31.4 Å². The van der Waals surface area contributed by atoms with Gasteiger partial charge in [0.25, 0.3) is 5.69 Å². The molecular weight excluding hydrogens is 265 g/mol. The van der Waals surface area contributed by atoms with E-state index in [9.17, 15) is 14.5 Å². The van der Waals surface area contributed by atoms with Crippen molar-refractivity contribution in [1.82, 2.24) is 4.98 Å². The smallest absolute Gasteiger partial charge is 0.295 e. The summed E-state index contributed by atoms with van der Waals surface area (Å²) < 4.78 is 18.5. The molecule has 2 rings (SSSR count). The van der Waals surface area contributed by atoms with Crippen molar-refractivity contribution in [1.29, 1.82) is 0 Å². The lowest BCUT2D eigenvalue weighted by molar-refractivity contribution is -0.384. The molecule has 0 unspecified atom stereocenters. The van der Waals surface area contributed by atoms with Gasteiger partial charge in [-0.1, -0.05) is 0 Å². The summed E-state index contributed by atoms with van der Waals surface area (Å²) >= 11 is 0. The Bertz CT molecular complexity index is 661. The maximum atomic E-state index is 13.7. The van der Waals surface area contributed by atoms with Gasteiger partial charge < -0.3 is 10.1 Å². The van der Waals surface area contributed by atoms with E-state index in [1.807, 2.05) is 0 Å². The minimum atomic E-state index is -0.601. The highest BCUT2D eigenvalue weighted by Gasteiger charge is 2.18. The topological polar surface area (TPSA) is 77.3 Å². The number of benzene rings is 1. The fourth-order valence-corrected chi connectivity index (χ4v) is 1.76. The van der Waals surface area contributed by atoms with Crippen molar-refractivity contribution in [3.8, 4) is 17.0 Å². The summed E-state index contributed by atoms with van der Waals surface area (Å²) in [4.78, 5) is 14.6. The summed E-state index contributed by atoms with van der Waals surface area (Å²) in [6.07, 6.45) is 0. The summed E-state index contributed by atoms with van der Waals surface area (Å²) in [5.74, 6) is -0.0704. The molecule has 7 heteroatoms. The van der Waals surface area contributed by atoms with E-state index >= 15 is 0 Å². The van der Waals surface area contributed by atoms with E-state index in [0.29, 0.717) is 11.4 Å². The normalized spacial score (nSPS) is 10.2. The van der Waals surface area contributed by atoms with Crippen molar-refractivity contribution in [2.24, 2.45) is 0 Å². The average Bonchev–Trinajstić information content (AvgIpc) is 2.46. The van der Waals surface area contributed by atoms with Crippen LogP contribution in [0.1, 0.15) is 0 Å². The molecule has 1 aromatic heterocycles. The van der Waals surface area contributed by atoms with Gasteiger partial charge in [-0.2, -0.15) is 0 Å². The van der Waals surface area contributed by atoms with Gasteiger partial charge in [0.15, 0.2) is 17.3 Å². The average molecular weight is 277 g/mol. The van der Waals surface area contributed by atoms with E-state index in [-0.39, 0.29) is 17.1 Å². The Kier molecular flexibility index (Phi) is 3.79. The number of nitrogens with one attached hydrogen (secondary N) is 1. The Morgan fingerprint density at radius 3 is 2.65 bits per heavy atom. The second kappa shape index (κ2) is 5.52. The Balaban J connectivity index is 2.60. The van der Waals surface area contributed by atoms with Crippen molar-refractivity contribution in [2.45, 2.75) is 0 Å². The summed E-state index contributed by atoms with van der Waals surface area (Å²) in [6.45, 7) is 0. The van der Waals surface area contributed by atoms with Crippen LogP contribution in [-0.4, -0.2) is 24.1 Å². The maximum absolute atomic E-state index is 13.7. The van der Waals surface area contributed by atoms with Gasteiger partial charge in [0.2, 0.25) is 0 Å². The molecule has 0 amide bonds. The van der Waals surface area contributed by atoms with Crippen LogP contribution in [0.15, 0.2) is 30.3 Å². The third kappa shape index (κ3) is 2.51. The van der Waals surface area contributed by atoms with Gasteiger partial charge in [-0.25, -0.2) is 9.37 Å². The highest BCUT2D eigenvalue weighted by atomic mass is 19.1. The van der Waals surface area contributed by atoms with Gasteiger partial charge in [0.05, 0.1) is 12.0 Å². The molecule has 104 valence electrons. The van der Waals surface area contributed by atoms with Crippen molar-refractivity contribution in [2.75, 3.05) is 19.5 Å². The number of hydrogen-bond acceptors (Lipinski definition) is 5. The number of pyridine rings is 1. The molecule has 1 aromatic carbocycles. The zero-order valence-electron chi connectivity index (χ0n) is 10.9. The second-order valence-corrected chi connectivity index (χ2v) is 3.92. The van der Waals surface area contributed by atoms with Crippen molar-refractivity contribution in [3.05, 3.63) is 46.3 Å². The SMILES string of the molecule is CNc1ccc([N+](=O)[O-])c(-c2ccc(OC)c(F)c2)n1. The Morgan fingerprint density at radius 1 is 1.35 bits per heavy atom. The molecule has 0 bridgehead atoms. The molecule has 0 saturated carbocycles. The Labute approximate surface area is 114 Å². The molecule has 0 saturated heterocycles. The van der Waals surface area contributed by atoms with Gasteiger partial charge in [-0.15, -0.1) is 0 Å². The third-order valence-corrected chi connectivity index (χ3v) is 2.75. The van der Waals surface area contributed by atoms with Crippen LogP contribution in [-0.2, 0) is 0 Å². The summed E-state index contributed by atoms with van der Waals surface area (Å²) in [7, 11) is 2.99. The van der Waals surface area contributed by atoms with Crippen LogP contribution in [0.2, 0.25) is 0 Å². The highest BCUT2D eigenvalue weighted by Crippen LogP contribution is 2.31. The van der Waals surface area contributed by atoms with Crippen LogP contribution in [0, 0.1) is 15.9 Å². The van der Waals surface area contributed by atoms with Crippen LogP contribution < -0.4 is 10.1 Å². The first-order chi connectivity index (χ1) is 9.56. The molecule has 0 spiro atoms. The number of ether oxygens (including phenoxy) is 1. The first kappa shape index (κ1) is 13.7. The van der Waals surface area contributed by atoms with Crippen LogP contribution in [0.25, 0.3) is 11.3 Å². The van der Waals surface area contributed by atoms with Gasteiger partial charge in [-0.05, 0) is 24.3 Å². The molecule has 6 nitrogen and oxygen atoms in total. The molecule has 0 radical (unpaired) electrons. The van der Waals surface area contributed by atoms with Gasteiger partial charge >= 0.3 is 0 Å². The summed E-state index contributed by atoms with van der Waals surface area (Å²) in [6, 6.07) is 6.91. The number of rotatable bonds is 4. The van der Waals surface area contributed by atoms with E-state index in [0.717, 1.165) is 6.07 Å². The quantitative estimate of drug-likeness (QED) is 0.686. The first-order valence-corrected chi connectivity index (χ1v) is 5.74. The predicted octanol–water partition coefficient (Wildman–Crippen LogP) is 2.85. The molecule has 0 fully saturated rings. The van der Waals surface area contributed by atoms with E-state index in [1.54, 1.807) is 7.05 Å². The fourth-order valence-electron chi connectivity index (χ4n) is 1.76. The molecular formula is C13H12FN3O3. The van der Waals surface area contributed by atoms with Gasteiger partial charge in [0, 0.05) is 18.7 Å². The largest absolute Gasteiger partial charge is 0.494 e. The minimum absolute atomic E-state index is 0.0705. The molecule has 0 aliphatic carbocycles. The lowest BCUT2D eigenvalue weighted by atomic mass is 10.1. The summed E-state index contributed by atoms with van der Waals surface area (Å²) in [5, 5.41) is 13.8. The number of aromatic nitrogens is 1. The van der Waals surface area contributed by atoms with E-state index in [2.05, 4.69) is 10.3 Å². The monoisotopic (exact) mass is 277 g/mol. The van der Waals surface area contributed by atoms with Gasteiger partial charge in [-0.3, -0.25) is 10.1 Å². The van der Waals surface area contributed by atoms with Crippen molar-refractivity contribution < 1.29 is 14.1 Å². The zero-order chi connectivity index (χ0) is 14.7.